The molecule has 16 heavy (non-hydrogen) atoms. The van der Waals surface area contributed by atoms with Crippen LogP contribution in [0, 0.1) is 6.92 Å². The highest BCUT2D eigenvalue weighted by Gasteiger charge is 2.26. The molecule has 1 aromatic heterocycles. The summed E-state index contributed by atoms with van der Waals surface area (Å²) in [5.41, 5.74) is 5.51. The Kier molecular flexibility index (Phi) is 4.12. The summed E-state index contributed by atoms with van der Waals surface area (Å²) in [6.45, 7) is 5.89. The lowest BCUT2D eigenvalue weighted by Crippen LogP contribution is -2.33. The zero-order chi connectivity index (χ0) is 12.5. The fourth-order valence-electron chi connectivity index (χ4n) is 1.31. The van der Waals surface area contributed by atoms with Crippen molar-refractivity contribution in [3.05, 3.63) is 15.8 Å². The Morgan fingerprint density at radius 3 is 2.44 bits per heavy atom. The molecular weight excluding hydrogens is 244 g/mol. The van der Waals surface area contributed by atoms with Gasteiger partial charge < -0.3 is 5.73 Å². The van der Waals surface area contributed by atoms with Crippen LogP contribution in [0.15, 0.2) is 11.0 Å². The summed E-state index contributed by atoms with van der Waals surface area (Å²) < 4.78 is 25.8. The molecule has 0 bridgehead atoms. The molecule has 0 unspecified atom stereocenters. The van der Waals surface area contributed by atoms with Gasteiger partial charge in [-0.15, -0.1) is 11.3 Å². The molecule has 0 saturated heterocycles. The van der Waals surface area contributed by atoms with E-state index in [9.17, 15) is 8.42 Å². The van der Waals surface area contributed by atoms with E-state index in [0.717, 1.165) is 9.75 Å². The van der Waals surface area contributed by atoms with Crippen LogP contribution < -0.4 is 5.73 Å². The number of rotatable bonds is 4. The van der Waals surface area contributed by atoms with Crippen molar-refractivity contribution in [3.8, 4) is 0 Å². The highest BCUT2D eigenvalue weighted by Crippen LogP contribution is 2.28. The van der Waals surface area contributed by atoms with Gasteiger partial charge in [0.15, 0.2) is 0 Å². The minimum Gasteiger partial charge on any atom is -0.326 e. The molecule has 4 nitrogen and oxygen atoms in total. The molecule has 92 valence electrons. The van der Waals surface area contributed by atoms with E-state index in [-0.39, 0.29) is 6.04 Å². The van der Waals surface area contributed by atoms with Gasteiger partial charge in [0.05, 0.1) is 4.90 Å². The van der Waals surface area contributed by atoms with E-state index in [1.165, 1.54) is 15.6 Å². The average Bonchev–Trinajstić information content (AvgIpc) is 2.58. The molecule has 0 spiro atoms. The van der Waals surface area contributed by atoms with Crippen molar-refractivity contribution in [2.75, 3.05) is 7.05 Å². The fraction of sp³-hybridized carbons (Fsp3) is 0.600. The number of hydrogen-bond acceptors (Lipinski definition) is 4. The Morgan fingerprint density at radius 1 is 1.50 bits per heavy atom. The maximum atomic E-state index is 12.2. The lowest BCUT2D eigenvalue weighted by atomic mass is 10.4. The Morgan fingerprint density at radius 2 is 2.06 bits per heavy atom. The molecule has 0 aliphatic carbocycles. The van der Waals surface area contributed by atoms with Crippen molar-refractivity contribution in [1.82, 2.24) is 4.31 Å². The van der Waals surface area contributed by atoms with Crippen LogP contribution in [0.3, 0.4) is 0 Å². The Balaban J connectivity index is 3.22. The predicted molar refractivity (Wildman–Crippen MR) is 67.0 cm³/mol. The van der Waals surface area contributed by atoms with Gasteiger partial charge in [0, 0.05) is 29.4 Å². The third-order valence-electron chi connectivity index (χ3n) is 2.51. The Hall–Kier alpha value is -0.430. The number of sulfonamides is 1. The monoisotopic (exact) mass is 262 g/mol. The predicted octanol–water partition coefficient (Wildman–Crippen LogP) is 1.54. The lowest BCUT2D eigenvalue weighted by Gasteiger charge is -2.20. The molecule has 0 aliphatic heterocycles. The first-order valence-electron chi connectivity index (χ1n) is 5.08. The Labute approximate surface area is 101 Å². The van der Waals surface area contributed by atoms with Gasteiger partial charge in [0.2, 0.25) is 10.0 Å². The summed E-state index contributed by atoms with van der Waals surface area (Å²) in [5, 5.41) is 0. The van der Waals surface area contributed by atoms with Gasteiger partial charge in [-0.2, -0.15) is 4.31 Å². The van der Waals surface area contributed by atoms with E-state index in [0.29, 0.717) is 11.4 Å². The second kappa shape index (κ2) is 4.83. The van der Waals surface area contributed by atoms with Gasteiger partial charge in [0.1, 0.15) is 0 Å². The smallest absolute Gasteiger partial charge is 0.244 e. The second-order valence-corrected chi connectivity index (χ2v) is 7.26. The average molecular weight is 262 g/mol. The van der Waals surface area contributed by atoms with E-state index in [4.69, 9.17) is 5.73 Å². The molecule has 0 radical (unpaired) electrons. The number of aryl methyl sites for hydroxylation is 1. The van der Waals surface area contributed by atoms with Gasteiger partial charge in [-0.25, -0.2) is 8.42 Å². The highest BCUT2D eigenvalue weighted by atomic mass is 32.2. The largest absolute Gasteiger partial charge is 0.326 e. The zero-order valence-electron chi connectivity index (χ0n) is 10.0. The lowest BCUT2D eigenvalue weighted by molar-refractivity contribution is 0.410. The van der Waals surface area contributed by atoms with Crippen LogP contribution in [0.25, 0.3) is 0 Å². The Bertz CT molecular complexity index is 463. The standard InChI is InChI=1S/C10H18N2O2S2/c1-7(2)12(4)16(13,14)10-5-9(6-11)15-8(10)3/h5,7H,6,11H2,1-4H3. The van der Waals surface area contributed by atoms with E-state index < -0.39 is 10.0 Å². The van der Waals surface area contributed by atoms with Gasteiger partial charge in [-0.1, -0.05) is 0 Å². The summed E-state index contributed by atoms with van der Waals surface area (Å²) in [6.07, 6.45) is 0. The van der Waals surface area contributed by atoms with Crippen molar-refractivity contribution in [2.45, 2.75) is 38.3 Å². The number of nitrogens with zero attached hydrogens (tertiary/aromatic N) is 1. The first kappa shape index (κ1) is 13.6. The maximum absolute atomic E-state index is 12.2. The molecule has 0 amide bonds. The van der Waals surface area contributed by atoms with Crippen molar-refractivity contribution >= 4 is 21.4 Å². The fourth-order valence-corrected chi connectivity index (χ4v) is 4.16. The summed E-state index contributed by atoms with van der Waals surface area (Å²) in [5.74, 6) is 0. The van der Waals surface area contributed by atoms with Crippen LogP contribution in [0.5, 0.6) is 0 Å². The molecular formula is C10H18N2O2S2. The van der Waals surface area contributed by atoms with Crippen LogP contribution in [0.4, 0.5) is 0 Å². The SMILES string of the molecule is Cc1sc(CN)cc1S(=O)(=O)N(C)C(C)C. The van der Waals surface area contributed by atoms with E-state index in [2.05, 4.69) is 0 Å². The van der Waals surface area contributed by atoms with Gasteiger partial charge in [-0.3, -0.25) is 0 Å². The summed E-state index contributed by atoms with van der Waals surface area (Å²) in [7, 11) is -1.77. The van der Waals surface area contributed by atoms with Crippen LogP contribution >= 0.6 is 11.3 Å². The molecule has 0 aliphatic rings. The summed E-state index contributed by atoms with van der Waals surface area (Å²) >= 11 is 1.44. The topological polar surface area (TPSA) is 63.4 Å². The molecule has 2 N–H and O–H groups in total. The first-order valence-corrected chi connectivity index (χ1v) is 7.33. The van der Waals surface area contributed by atoms with E-state index in [1.807, 2.05) is 20.8 Å². The third kappa shape index (κ3) is 2.45. The molecule has 1 aromatic rings. The molecule has 6 heteroatoms. The highest BCUT2D eigenvalue weighted by molar-refractivity contribution is 7.89. The first-order chi connectivity index (χ1) is 7.30. The second-order valence-electron chi connectivity index (χ2n) is 3.95. The minimum atomic E-state index is -3.37. The third-order valence-corrected chi connectivity index (χ3v) is 5.87. The number of hydrogen-bond donors (Lipinski definition) is 1. The molecule has 1 heterocycles. The molecule has 1 rings (SSSR count). The normalized spacial score (nSPS) is 12.7. The van der Waals surface area contributed by atoms with Gasteiger partial charge in [0.25, 0.3) is 0 Å². The van der Waals surface area contributed by atoms with Crippen LogP contribution in [-0.4, -0.2) is 25.8 Å². The maximum Gasteiger partial charge on any atom is 0.244 e. The van der Waals surface area contributed by atoms with Gasteiger partial charge >= 0.3 is 0 Å². The molecule has 0 fully saturated rings. The van der Waals surface area contributed by atoms with Crippen LogP contribution in [-0.2, 0) is 16.6 Å². The quantitative estimate of drug-likeness (QED) is 0.895. The van der Waals surface area contributed by atoms with Crippen molar-refractivity contribution in [3.63, 3.8) is 0 Å². The van der Waals surface area contributed by atoms with Gasteiger partial charge in [-0.05, 0) is 26.8 Å². The molecule has 0 saturated carbocycles. The minimum absolute atomic E-state index is 0.0503. The summed E-state index contributed by atoms with van der Waals surface area (Å²) in [4.78, 5) is 2.08. The molecule has 0 aromatic carbocycles. The number of thiophene rings is 1. The zero-order valence-corrected chi connectivity index (χ0v) is 11.7. The number of nitrogens with two attached hydrogens (primary N) is 1. The summed E-state index contributed by atoms with van der Waals surface area (Å²) in [6, 6.07) is 1.62. The van der Waals surface area contributed by atoms with E-state index in [1.54, 1.807) is 13.1 Å². The molecule has 0 atom stereocenters. The van der Waals surface area contributed by atoms with Crippen LogP contribution in [0.1, 0.15) is 23.6 Å². The van der Waals surface area contributed by atoms with Crippen LogP contribution in [0.2, 0.25) is 0 Å². The van der Waals surface area contributed by atoms with Crippen molar-refractivity contribution in [1.29, 1.82) is 0 Å². The van der Waals surface area contributed by atoms with E-state index >= 15 is 0 Å². The van der Waals surface area contributed by atoms with Crippen molar-refractivity contribution < 1.29 is 8.42 Å². The van der Waals surface area contributed by atoms with Crippen molar-refractivity contribution in [2.24, 2.45) is 5.73 Å².